The van der Waals surface area contributed by atoms with Crippen molar-refractivity contribution >= 4 is 31.9 Å². The van der Waals surface area contributed by atoms with E-state index in [9.17, 15) is 22.7 Å². The molecule has 4 atom stereocenters. The molecule has 0 aromatic heterocycles. The lowest BCUT2D eigenvalue weighted by Crippen LogP contribution is -2.52. The van der Waals surface area contributed by atoms with E-state index in [0.29, 0.717) is 30.3 Å². The molecule has 3 N–H and O–H groups in total. The second-order valence-corrected chi connectivity index (χ2v) is 11.9. The topological polar surface area (TPSA) is 105 Å². The van der Waals surface area contributed by atoms with Gasteiger partial charge in [0.2, 0.25) is 15.9 Å². The second-order valence-electron chi connectivity index (χ2n) is 9.30. The number of amides is 1. The molecule has 35 heavy (non-hydrogen) atoms. The van der Waals surface area contributed by atoms with E-state index >= 15 is 0 Å². The van der Waals surface area contributed by atoms with E-state index in [-0.39, 0.29) is 25.0 Å². The Hall–Kier alpha value is -1.85. The van der Waals surface area contributed by atoms with Gasteiger partial charge in [0, 0.05) is 6.04 Å². The molecule has 192 valence electrons. The van der Waals surface area contributed by atoms with Crippen molar-refractivity contribution in [3.63, 3.8) is 0 Å². The Labute approximate surface area is 214 Å². The van der Waals surface area contributed by atoms with E-state index in [2.05, 4.69) is 26.0 Å². The van der Waals surface area contributed by atoms with Crippen LogP contribution in [-0.4, -0.2) is 50.5 Å². The first-order valence-electron chi connectivity index (χ1n) is 11.5. The predicted octanol–water partition coefficient (Wildman–Crippen LogP) is 3.30. The van der Waals surface area contributed by atoms with Gasteiger partial charge in [0.15, 0.2) is 0 Å². The fourth-order valence-corrected chi connectivity index (χ4v) is 5.80. The lowest BCUT2D eigenvalue weighted by molar-refractivity contribution is -0.133. The van der Waals surface area contributed by atoms with Crippen molar-refractivity contribution in [1.29, 1.82) is 0 Å². The summed E-state index contributed by atoms with van der Waals surface area (Å²) in [6.07, 6.45) is 2.16. The molecular weight excluding hydrogens is 539 g/mol. The number of hydrogen-bond donors (Lipinski definition) is 3. The molecule has 0 unspecified atom stereocenters. The SMILES string of the molecule is C[C@H](OCc1ccccc1)[C@H](CO)NC(=O)[C@@]1(Cc2ccc(F)c(Br)c2)CC[C@H](NS(C)(=O)=O)C1. The summed E-state index contributed by atoms with van der Waals surface area (Å²) in [4.78, 5) is 13.6. The van der Waals surface area contributed by atoms with Gasteiger partial charge in [-0.1, -0.05) is 36.4 Å². The number of sulfonamides is 1. The van der Waals surface area contributed by atoms with Crippen LogP contribution in [-0.2, 0) is 32.6 Å². The maximum Gasteiger partial charge on any atom is 0.227 e. The number of halogens is 2. The van der Waals surface area contributed by atoms with Gasteiger partial charge in [-0.05, 0) is 71.8 Å². The van der Waals surface area contributed by atoms with Crippen LogP contribution < -0.4 is 10.0 Å². The van der Waals surface area contributed by atoms with Crippen molar-refractivity contribution in [3.05, 3.63) is 69.9 Å². The summed E-state index contributed by atoms with van der Waals surface area (Å²) >= 11 is 3.19. The molecule has 1 aliphatic carbocycles. The third-order valence-electron chi connectivity index (χ3n) is 6.43. The average molecular weight is 572 g/mol. The number of hydrogen-bond acceptors (Lipinski definition) is 5. The highest BCUT2D eigenvalue weighted by molar-refractivity contribution is 9.10. The van der Waals surface area contributed by atoms with E-state index in [4.69, 9.17) is 4.74 Å². The molecule has 0 heterocycles. The van der Waals surface area contributed by atoms with Gasteiger partial charge in [0.05, 0.1) is 41.5 Å². The van der Waals surface area contributed by atoms with E-state index in [0.717, 1.165) is 17.4 Å². The highest BCUT2D eigenvalue weighted by Crippen LogP contribution is 2.42. The summed E-state index contributed by atoms with van der Waals surface area (Å²) in [6.45, 7) is 1.81. The largest absolute Gasteiger partial charge is 0.394 e. The quantitative estimate of drug-likeness (QED) is 0.384. The predicted molar refractivity (Wildman–Crippen MR) is 136 cm³/mol. The molecule has 2 aromatic rings. The number of aliphatic hydroxyl groups excluding tert-OH is 1. The lowest BCUT2D eigenvalue weighted by atomic mass is 9.78. The van der Waals surface area contributed by atoms with Crippen LogP contribution in [0.5, 0.6) is 0 Å². The minimum Gasteiger partial charge on any atom is -0.394 e. The first-order valence-corrected chi connectivity index (χ1v) is 14.2. The summed E-state index contributed by atoms with van der Waals surface area (Å²) in [7, 11) is -3.44. The van der Waals surface area contributed by atoms with Gasteiger partial charge >= 0.3 is 0 Å². The van der Waals surface area contributed by atoms with Crippen LogP contribution in [0.25, 0.3) is 0 Å². The van der Waals surface area contributed by atoms with Crippen LogP contribution in [0.4, 0.5) is 4.39 Å². The van der Waals surface area contributed by atoms with Crippen LogP contribution >= 0.6 is 15.9 Å². The standard InChI is InChI=1S/C25H32BrFN2O5S/c1-17(34-16-18-6-4-3-5-7-18)23(15-30)28-24(31)25(11-10-20(14-25)29-35(2,32)33)13-19-8-9-22(27)21(26)12-19/h3-9,12,17,20,23,29-30H,10-11,13-16H2,1-2H3,(H,28,31)/t17-,20-,23-,25+/m0/s1. The molecule has 3 rings (SSSR count). The van der Waals surface area contributed by atoms with Gasteiger partial charge in [-0.25, -0.2) is 17.5 Å². The zero-order valence-corrected chi connectivity index (χ0v) is 22.2. The van der Waals surface area contributed by atoms with E-state index < -0.39 is 33.4 Å². The smallest absolute Gasteiger partial charge is 0.227 e. The zero-order chi connectivity index (χ0) is 25.6. The summed E-state index contributed by atoms with van der Waals surface area (Å²) in [5, 5.41) is 12.9. The third-order valence-corrected chi connectivity index (χ3v) is 7.80. The number of rotatable bonds is 11. The Morgan fingerprint density at radius 3 is 2.60 bits per heavy atom. The molecule has 1 saturated carbocycles. The van der Waals surface area contributed by atoms with Crippen molar-refractivity contribution in [2.75, 3.05) is 12.9 Å². The monoisotopic (exact) mass is 570 g/mol. The van der Waals surface area contributed by atoms with Crippen molar-refractivity contribution in [1.82, 2.24) is 10.0 Å². The van der Waals surface area contributed by atoms with E-state index in [1.54, 1.807) is 19.1 Å². The molecular formula is C25H32BrFN2O5S. The summed E-state index contributed by atoms with van der Waals surface area (Å²) in [6, 6.07) is 13.2. The molecule has 0 saturated heterocycles. The Balaban J connectivity index is 1.76. The van der Waals surface area contributed by atoms with Crippen LogP contribution in [0.3, 0.4) is 0 Å². The highest BCUT2D eigenvalue weighted by Gasteiger charge is 2.46. The van der Waals surface area contributed by atoms with Gasteiger partial charge in [-0.3, -0.25) is 4.79 Å². The maximum atomic E-state index is 13.8. The van der Waals surface area contributed by atoms with Gasteiger partial charge in [-0.15, -0.1) is 0 Å². The van der Waals surface area contributed by atoms with Crippen molar-refractivity contribution in [2.45, 2.75) is 57.4 Å². The number of carbonyl (C=O) groups excluding carboxylic acids is 1. The number of ether oxygens (including phenoxy) is 1. The van der Waals surface area contributed by atoms with Gasteiger partial charge in [0.1, 0.15) is 5.82 Å². The molecule has 7 nitrogen and oxygen atoms in total. The van der Waals surface area contributed by atoms with Gasteiger partial charge in [-0.2, -0.15) is 0 Å². The van der Waals surface area contributed by atoms with Crippen LogP contribution in [0.15, 0.2) is 53.0 Å². The molecule has 0 aliphatic heterocycles. The molecule has 2 aromatic carbocycles. The Bertz CT molecular complexity index is 1120. The first kappa shape index (κ1) is 27.7. The lowest BCUT2D eigenvalue weighted by Gasteiger charge is -2.32. The maximum absolute atomic E-state index is 13.8. The Kier molecular flexibility index (Phi) is 9.45. The summed E-state index contributed by atoms with van der Waals surface area (Å²) < 4.78 is 46.2. The third kappa shape index (κ3) is 7.82. The van der Waals surface area contributed by atoms with E-state index in [1.165, 1.54) is 6.07 Å². The van der Waals surface area contributed by atoms with Crippen LogP contribution in [0.1, 0.15) is 37.3 Å². The van der Waals surface area contributed by atoms with Crippen LogP contribution in [0, 0.1) is 11.2 Å². The molecule has 10 heteroatoms. The number of benzene rings is 2. The first-order chi connectivity index (χ1) is 16.5. The molecule has 0 spiro atoms. The minimum absolute atomic E-state index is 0.287. The summed E-state index contributed by atoms with van der Waals surface area (Å²) in [5.41, 5.74) is 0.806. The van der Waals surface area contributed by atoms with Crippen molar-refractivity contribution < 1.29 is 27.4 Å². The van der Waals surface area contributed by atoms with Crippen molar-refractivity contribution in [3.8, 4) is 0 Å². The zero-order valence-electron chi connectivity index (χ0n) is 19.8. The Morgan fingerprint density at radius 2 is 1.97 bits per heavy atom. The minimum atomic E-state index is -3.44. The Morgan fingerprint density at radius 1 is 1.26 bits per heavy atom. The molecule has 0 bridgehead atoms. The van der Waals surface area contributed by atoms with Gasteiger partial charge < -0.3 is 15.2 Å². The number of aliphatic hydroxyl groups is 1. The van der Waals surface area contributed by atoms with Crippen LogP contribution in [0.2, 0.25) is 0 Å². The van der Waals surface area contributed by atoms with E-state index in [1.807, 2.05) is 30.3 Å². The number of carbonyl (C=O) groups is 1. The summed E-state index contributed by atoms with van der Waals surface area (Å²) in [5.74, 6) is -0.690. The average Bonchev–Trinajstić information content (AvgIpc) is 3.20. The molecule has 1 aliphatic rings. The van der Waals surface area contributed by atoms with Gasteiger partial charge in [0.25, 0.3) is 0 Å². The molecule has 0 radical (unpaired) electrons. The van der Waals surface area contributed by atoms with Crippen molar-refractivity contribution in [2.24, 2.45) is 5.41 Å². The second kappa shape index (κ2) is 11.9. The molecule has 1 amide bonds. The normalized spacial score (nSPS) is 22.0. The highest BCUT2D eigenvalue weighted by atomic mass is 79.9. The molecule has 1 fully saturated rings. The number of nitrogens with one attached hydrogen (secondary N) is 2. The fourth-order valence-electron chi connectivity index (χ4n) is 4.57. The fraction of sp³-hybridized carbons (Fsp3) is 0.480.